The molecule has 0 aliphatic carbocycles. The lowest BCUT2D eigenvalue weighted by atomic mass is 10.0. The van der Waals surface area contributed by atoms with E-state index in [9.17, 15) is 9.59 Å². The van der Waals surface area contributed by atoms with Crippen LogP contribution in [0.25, 0.3) is 22.3 Å². The second kappa shape index (κ2) is 10.2. The Morgan fingerprint density at radius 1 is 0.972 bits per heavy atom. The van der Waals surface area contributed by atoms with Gasteiger partial charge in [0.25, 0.3) is 11.4 Å². The molecule has 0 aliphatic heterocycles. The van der Waals surface area contributed by atoms with Gasteiger partial charge < -0.3 is 19.0 Å². The normalized spacial score (nSPS) is 10.9. The Labute approximate surface area is 205 Å². The smallest absolute Gasteiger partial charge is 0.338 e. The van der Waals surface area contributed by atoms with E-state index in [1.807, 2.05) is 43.3 Å². The predicted octanol–water partition coefficient (Wildman–Crippen LogP) is 4.32. The number of hydrogen-bond donors (Lipinski definition) is 1. The van der Waals surface area contributed by atoms with Gasteiger partial charge in [-0.1, -0.05) is 47.6 Å². The number of carbonyl (C=O) groups excluding carboxylic acids is 1. The van der Waals surface area contributed by atoms with Crippen LogP contribution in [0.4, 0.5) is 0 Å². The first-order valence-corrected chi connectivity index (χ1v) is 11.4. The Hall–Kier alpha value is -4.79. The van der Waals surface area contributed by atoms with Crippen molar-refractivity contribution in [3.63, 3.8) is 0 Å². The highest BCUT2D eigenvalue weighted by molar-refractivity contribution is 5.91. The van der Waals surface area contributed by atoms with Crippen LogP contribution < -0.4 is 10.3 Å². The van der Waals surface area contributed by atoms with Gasteiger partial charge in [0.05, 0.1) is 28.6 Å². The van der Waals surface area contributed by atoms with E-state index in [4.69, 9.17) is 14.0 Å². The lowest BCUT2D eigenvalue weighted by Crippen LogP contribution is -2.14. The molecule has 0 aliphatic rings. The van der Waals surface area contributed by atoms with Gasteiger partial charge in [-0.05, 0) is 42.8 Å². The standard InChI is InChI=1S/C27H22N4O5/c1-2-34-22-14-8-6-12-20(22)25-30-24(36-31-25)16-35-27(33)18-10-4-3-9-17(18)15-23-28-21-13-7-5-11-19(21)26(32)29-23/h3-14H,2,15-16H2,1H3,(H,28,29,32). The van der Waals surface area contributed by atoms with Gasteiger partial charge in [0, 0.05) is 6.42 Å². The van der Waals surface area contributed by atoms with Gasteiger partial charge in [-0.25, -0.2) is 9.78 Å². The van der Waals surface area contributed by atoms with Crippen LogP contribution in [0.5, 0.6) is 5.75 Å². The van der Waals surface area contributed by atoms with Crippen LogP contribution in [0.1, 0.15) is 34.6 Å². The van der Waals surface area contributed by atoms with Gasteiger partial charge in [0.2, 0.25) is 5.82 Å². The number of benzene rings is 3. The zero-order chi connectivity index (χ0) is 24.9. The molecule has 5 aromatic rings. The minimum absolute atomic E-state index is 0.155. The molecule has 0 unspecified atom stereocenters. The highest BCUT2D eigenvalue weighted by atomic mass is 16.6. The molecule has 0 amide bonds. The van der Waals surface area contributed by atoms with Gasteiger partial charge in [-0.15, -0.1) is 0 Å². The van der Waals surface area contributed by atoms with E-state index in [1.54, 1.807) is 36.4 Å². The van der Waals surface area contributed by atoms with E-state index in [2.05, 4.69) is 20.1 Å². The van der Waals surface area contributed by atoms with Crippen molar-refractivity contribution < 1.29 is 18.8 Å². The highest BCUT2D eigenvalue weighted by Gasteiger charge is 2.18. The Bertz CT molecular complexity index is 1590. The van der Waals surface area contributed by atoms with Gasteiger partial charge in [-0.3, -0.25) is 4.79 Å². The van der Waals surface area contributed by atoms with E-state index >= 15 is 0 Å². The number of aromatic amines is 1. The molecule has 1 N–H and O–H groups in total. The number of H-pyrrole nitrogens is 1. The molecule has 9 heteroatoms. The summed E-state index contributed by atoms with van der Waals surface area (Å²) in [4.78, 5) is 37.0. The van der Waals surface area contributed by atoms with E-state index < -0.39 is 5.97 Å². The molecule has 0 atom stereocenters. The zero-order valence-electron chi connectivity index (χ0n) is 19.4. The van der Waals surface area contributed by atoms with Crippen LogP contribution in [0.15, 0.2) is 82.1 Å². The summed E-state index contributed by atoms with van der Waals surface area (Å²) in [6, 6.07) is 21.5. The topological polar surface area (TPSA) is 120 Å². The first-order valence-electron chi connectivity index (χ1n) is 11.4. The summed E-state index contributed by atoms with van der Waals surface area (Å²) in [5, 5.41) is 4.50. The van der Waals surface area contributed by atoms with Crippen molar-refractivity contribution in [1.29, 1.82) is 0 Å². The summed E-state index contributed by atoms with van der Waals surface area (Å²) < 4.78 is 16.3. The van der Waals surface area contributed by atoms with Crippen molar-refractivity contribution in [2.75, 3.05) is 6.61 Å². The fraction of sp³-hybridized carbons (Fsp3) is 0.148. The summed E-state index contributed by atoms with van der Waals surface area (Å²) in [5.74, 6) is 1.04. The molecule has 0 radical (unpaired) electrons. The molecule has 180 valence electrons. The molecule has 0 fully saturated rings. The molecule has 0 saturated carbocycles. The largest absolute Gasteiger partial charge is 0.493 e. The first kappa shape index (κ1) is 23.0. The highest BCUT2D eigenvalue weighted by Crippen LogP contribution is 2.27. The van der Waals surface area contributed by atoms with E-state index in [0.29, 0.717) is 51.6 Å². The number of para-hydroxylation sites is 2. The molecule has 5 rings (SSSR count). The SMILES string of the molecule is CCOc1ccccc1-c1noc(COC(=O)c2ccccc2Cc2nc3ccccc3c(=O)[nH]2)n1. The fourth-order valence-electron chi connectivity index (χ4n) is 3.83. The number of hydrogen-bond acceptors (Lipinski definition) is 8. The third-order valence-corrected chi connectivity index (χ3v) is 5.48. The number of fused-ring (bicyclic) bond motifs is 1. The number of nitrogens with zero attached hydrogens (tertiary/aromatic N) is 3. The van der Waals surface area contributed by atoms with Crippen LogP contribution in [0, 0.1) is 0 Å². The van der Waals surface area contributed by atoms with Gasteiger partial charge in [0.15, 0.2) is 6.61 Å². The van der Waals surface area contributed by atoms with Crippen molar-refractivity contribution in [2.24, 2.45) is 0 Å². The Balaban J connectivity index is 1.31. The van der Waals surface area contributed by atoms with Crippen LogP contribution in [0.3, 0.4) is 0 Å². The van der Waals surface area contributed by atoms with Crippen molar-refractivity contribution in [3.8, 4) is 17.1 Å². The molecular formula is C27H22N4O5. The first-order chi connectivity index (χ1) is 17.6. The molecule has 2 aromatic heterocycles. The van der Waals surface area contributed by atoms with Crippen LogP contribution in [-0.4, -0.2) is 32.7 Å². The van der Waals surface area contributed by atoms with Crippen molar-refractivity contribution >= 4 is 16.9 Å². The lowest BCUT2D eigenvalue weighted by molar-refractivity contribution is 0.0428. The van der Waals surface area contributed by atoms with Gasteiger partial charge in [0.1, 0.15) is 11.6 Å². The minimum atomic E-state index is -0.553. The van der Waals surface area contributed by atoms with Crippen molar-refractivity contribution in [3.05, 3.63) is 106 Å². The summed E-state index contributed by atoms with van der Waals surface area (Å²) in [6.07, 6.45) is 0.254. The third kappa shape index (κ3) is 4.85. The Morgan fingerprint density at radius 2 is 1.75 bits per heavy atom. The van der Waals surface area contributed by atoms with E-state index in [1.165, 1.54) is 0 Å². The molecule has 2 heterocycles. The summed E-state index contributed by atoms with van der Waals surface area (Å²) in [5.41, 5.74) is 2.07. The predicted molar refractivity (Wildman–Crippen MR) is 132 cm³/mol. The van der Waals surface area contributed by atoms with E-state index in [-0.39, 0.29) is 24.5 Å². The summed E-state index contributed by atoms with van der Waals surface area (Å²) >= 11 is 0. The number of rotatable bonds is 8. The maximum atomic E-state index is 12.9. The molecule has 0 saturated heterocycles. The summed E-state index contributed by atoms with van der Waals surface area (Å²) in [6.45, 7) is 2.20. The molecule has 0 spiro atoms. The van der Waals surface area contributed by atoms with Crippen LogP contribution in [-0.2, 0) is 17.8 Å². The monoisotopic (exact) mass is 482 g/mol. The molecule has 3 aromatic carbocycles. The maximum Gasteiger partial charge on any atom is 0.338 e. The number of ether oxygens (including phenoxy) is 2. The molecule has 9 nitrogen and oxygen atoms in total. The average molecular weight is 482 g/mol. The molecule has 0 bridgehead atoms. The Morgan fingerprint density at radius 3 is 2.64 bits per heavy atom. The van der Waals surface area contributed by atoms with Crippen molar-refractivity contribution in [1.82, 2.24) is 20.1 Å². The number of carbonyl (C=O) groups is 1. The quantitative estimate of drug-likeness (QED) is 0.325. The van der Waals surface area contributed by atoms with Crippen LogP contribution in [0.2, 0.25) is 0 Å². The lowest BCUT2D eigenvalue weighted by Gasteiger charge is -2.09. The van der Waals surface area contributed by atoms with Crippen molar-refractivity contribution in [2.45, 2.75) is 20.0 Å². The maximum absolute atomic E-state index is 12.9. The fourth-order valence-corrected chi connectivity index (χ4v) is 3.83. The third-order valence-electron chi connectivity index (χ3n) is 5.48. The molecule has 36 heavy (non-hydrogen) atoms. The minimum Gasteiger partial charge on any atom is -0.493 e. The van der Waals surface area contributed by atoms with Crippen LogP contribution >= 0.6 is 0 Å². The van der Waals surface area contributed by atoms with Gasteiger partial charge >= 0.3 is 5.97 Å². The zero-order valence-corrected chi connectivity index (χ0v) is 19.4. The van der Waals surface area contributed by atoms with Gasteiger partial charge in [-0.2, -0.15) is 4.98 Å². The Kier molecular flexibility index (Phi) is 6.53. The summed E-state index contributed by atoms with van der Waals surface area (Å²) in [7, 11) is 0. The average Bonchev–Trinajstić information content (AvgIpc) is 3.37. The second-order valence-electron chi connectivity index (χ2n) is 7.88. The number of nitrogens with one attached hydrogen (secondary N) is 1. The molecular weight excluding hydrogens is 460 g/mol. The number of esters is 1. The van der Waals surface area contributed by atoms with E-state index in [0.717, 1.165) is 0 Å². The number of aromatic nitrogens is 4. The second-order valence-corrected chi connectivity index (χ2v) is 7.88.